The molecule has 0 bridgehead atoms. The zero-order chi connectivity index (χ0) is 6.97. The second-order valence-electron chi connectivity index (χ2n) is 2.70. The van der Waals surface area contributed by atoms with E-state index >= 15 is 0 Å². The molecule has 0 N–H and O–H groups in total. The molecule has 52 valence electrons. The van der Waals surface area contributed by atoms with Gasteiger partial charge in [0.05, 0.1) is 11.7 Å². The van der Waals surface area contributed by atoms with Crippen LogP contribution in [-0.4, -0.2) is 5.25 Å². The predicted octanol–water partition coefficient (Wildman–Crippen LogP) is 0.829. The molecule has 0 radical (unpaired) electrons. The lowest BCUT2D eigenvalue weighted by atomic mass is 10.3. The molecular formula is C8H10NS+. The molecule has 1 aromatic rings. The van der Waals surface area contributed by atoms with Crippen LogP contribution in [0.25, 0.3) is 0 Å². The molecular weight excluding hydrogens is 142 g/mol. The predicted molar refractivity (Wildman–Crippen MR) is 43.1 cm³/mol. The Morgan fingerprint density at radius 3 is 3.20 bits per heavy atom. The number of rotatable bonds is 0. The van der Waals surface area contributed by atoms with Gasteiger partial charge >= 0.3 is 0 Å². The Bertz CT molecular complexity index is 222. The second-order valence-corrected chi connectivity index (χ2v) is 3.43. The highest BCUT2D eigenvalue weighted by Gasteiger charge is 2.24. The molecule has 2 rings (SSSR count). The van der Waals surface area contributed by atoms with E-state index in [0.717, 1.165) is 13.0 Å². The summed E-state index contributed by atoms with van der Waals surface area (Å²) in [5, 5.41) is 0.530. The average molecular weight is 152 g/mol. The number of pyridine rings is 1. The van der Waals surface area contributed by atoms with Crippen molar-refractivity contribution in [2.75, 3.05) is 0 Å². The van der Waals surface area contributed by atoms with Crippen molar-refractivity contribution in [3.05, 3.63) is 30.1 Å². The van der Waals surface area contributed by atoms with Crippen molar-refractivity contribution in [1.82, 2.24) is 0 Å². The quantitative estimate of drug-likeness (QED) is 0.414. The lowest BCUT2D eigenvalue weighted by Gasteiger charge is -1.88. The van der Waals surface area contributed by atoms with E-state index in [1.165, 1.54) is 5.69 Å². The molecule has 1 aliphatic heterocycles. The van der Waals surface area contributed by atoms with Crippen LogP contribution in [0.15, 0.2) is 24.4 Å². The van der Waals surface area contributed by atoms with Crippen LogP contribution in [-0.2, 0) is 13.0 Å². The van der Waals surface area contributed by atoms with Crippen molar-refractivity contribution in [2.45, 2.75) is 18.2 Å². The van der Waals surface area contributed by atoms with Crippen LogP contribution in [0.5, 0.6) is 0 Å². The largest absolute Gasteiger partial charge is 0.201 e. The minimum Gasteiger partial charge on any atom is -0.201 e. The maximum absolute atomic E-state index is 4.42. The summed E-state index contributed by atoms with van der Waals surface area (Å²) in [7, 11) is 0. The van der Waals surface area contributed by atoms with Crippen LogP contribution < -0.4 is 4.57 Å². The monoisotopic (exact) mass is 152 g/mol. The minimum absolute atomic E-state index is 0.530. The Morgan fingerprint density at radius 2 is 2.40 bits per heavy atom. The number of fused-ring (bicyclic) bond motifs is 1. The topological polar surface area (TPSA) is 3.88 Å². The number of aromatic nitrogens is 1. The third-order valence-electron chi connectivity index (χ3n) is 1.89. The zero-order valence-electron chi connectivity index (χ0n) is 5.70. The number of thiol groups is 1. The van der Waals surface area contributed by atoms with Gasteiger partial charge in [-0.3, -0.25) is 0 Å². The molecule has 2 heteroatoms. The average Bonchev–Trinajstić information content (AvgIpc) is 2.27. The molecule has 0 aliphatic carbocycles. The molecule has 10 heavy (non-hydrogen) atoms. The Morgan fingerprint density at radius 1 is 1.50 bits per heavy atom. The van der Waals surface area contributed by atoms with Gasteiger partial charge in [0.25, 0.3) is 0 Å². The van der Waals surface area contributed by atoms with Gasteiger partial charge in [0.15, 0.2) is 18.4 Å². The van der Waals surface area contributed by atoms with Gasteiger partial charge in [-0.15, -0.1) is 0 Å². The zero-order valence-corrected chi connectivity index (χ0v) is 6.59. The highest BCUT2D eigenvalue weighted by Crippen LogP contribution is 2.10. The van der Waals surface area contributed by atoms with Gasteiger partial charge in [0.1, 0.15) is 0 Å². The summed E-state index contributed by atoms with van der Waals surface area (Å²) in [6.45, 7) is 1.07. The minimum atomic E-state index is 0.530. The third-order valence-corrected chi connectivity index (χ3v) is 2.23. The molecule has 0 spiro atoms. The maximum atomic E-state index is 4.42. The van der Waals surface area contributed by atoms with Gasteiger partial charge in [-0.2, -0.15) is 12.6 Å². The summed E-state index contributed by atoms with van der Waals surface area (Å²) >= 11 is 4.42. The van der Waals surface area contributed by atoms with Crippen LogP contribution in [0.2, 0.25) is 0 Å². The summed E-state index contributed by atoms with van der Waals surface area (Å²) in [6.07, 6.45) is 3.23. The van der Waals surface area contributed by atoms with Crippen LogP contribution in [0.3, 0.4) is 0 Å². The van der Waals surface area contributed by atoms with Crippen LogP contribution >= 0.6 is 12.6 Å². The molecule has 0 aromatic carbocycles. The number of hydrogen-bond acceptors (Lipinski definition) is 1. The standard InChI is InChI=1S/C8H9NS/c10-8-5-7-3-1-2-4-9(7)6-8/h1-4,8H,5-6H2/p+1. The number of hydrogen-bond donors (Lipinski definition) is 1. The van der Waals surface area contributed by atoms with Gasteiger partial charge in [-0.1, -0.05) is 6.07 Å². The van der Waals surface area contributed by atoms with Crippen molar-refractivity contribution in [3.63, 3.8) is 0 Å². The van der Waals surface area contributed by atoms with Crippen LogP contribution in [0.1, 0.15) is 5.69 Å². The Hall–Kier alpha value is -0.500. The first kappa shape index (κ1) is 6.23. The Kier molecular flexibility index (Phi) is 1.42. The highest BCUT2D eigenvalue weighted by atomic mass is 32.1. The van der Waals surface area contributed by atoms with E-state index in [2.05, 4.69) is 41.6 Å². The van der Waals surface area contributed by atoms with Gasteiger partial charge in [-0.25, -0.2) is 4.57 Å². The first-order valence-corrected chi connectivity index (χ1v) is 4.03. The van der Waals surface area contributed by atoms with Crippen LogP contribution in [0, 0.1) is 0 Å². The summed E-state index contributed by atoms with van der Waals surface area (Å²) in [5.74, 6) is 0. The molecule has 2 heterocycles. The summed E-state index contributed by atoms with van der Waals surface area (Å²) in [5.41, 5.74) is 1.41. The molecule has 1 aliphatic rings. The fourth-order valence-corrected chi connectivity index (χ4v) is 1.77. The highest BCUT2D eigenvalue weighted by molar-refractivity contribution is 7.80. The van der Waals surface area contributed by atoms with E-state index in [1.54, 1.807) is 0 Å². The van der Waals surface area contributed by atoms with Crippen molar-refractivity contribution < 1.29 is 4.57 Å². The third kappa shape index (κ3) is 0.926. The first-order chi connectivity index (χ1) is 4.86. The number of nitrogens with zero attached hydrogens (tertiary/aromatic N) is 1. The smallest absolute Gasteiger partial charge is 0.182 e. The van der Waals surface area contributed by atoms with E-state index in [9.17, 15) is 0 Å². The SMILES string of the molecule is SC1Cc2cccc[n+]2C1. The van der Waals surface area contributed by atoms with E-state index in [-0.39, 0.29) is 0 Å². The van der Waals surface area contributed by atoms with Gasteiger partial charge < -0.3 is 0 Å². The molecule has 0 saturated heterocycles. The van der Waals surface area contributed by atoms with Crippen molar-refractivity contribution in [2.24, 2.45) is 0 Å². The van der Waals surface area contributed by atoms with E-state index in [0.29, 0.717) is 5.25 Å². The van der Waals surface area contributed by atoms with E-state index in [1.807, 2.05) is 0 Å². The Labute approximate surface area is 66.1 Å². The summed E-state index contributed by atoms with van der Waals surface area (Å²) in [6, 6.07) is 6.31. The fraction of sp³-hybridized carbons (Fsp3) is 0.375. The lowest BCUT2D eigenvalue weighted by Crippen LogP contribution is -2.33. The lowest BCUT2D eigenvalue weighted by molar-refractivity contribution is -0.690. The summed E-state index contributed by atoms with van der Waals surface area (Å²) < 4.78 is 2.26. The van der Waals surface area contributed by atoms with Crippen molar-refractivity contribution in [1.29, 1.82) is 0 Å². The van der Waals surface area contributed by atoms with Gasteiger partial charge in [0.2, 0.25) is 0 Å². The first-order valence-electron chi connectivity index (χ1n) is 3.51. The molecule has 1 aromatic heterocycles. The van der Waals surface area contributed by atoms with Crippen LogP contribution in [0.4, 0.5) is 0 Å². The van der Waals surface area contributed by atoms with E-state index < -0.39 is 0 Å². The molecule has 1 unspecified atom stereocenters. The fourth-order valence-electron chi connectivity index (χ4n) is 1.41. The van der Waals surface area contributed by atoms with Crippen molar-refractivity contribution >= 4 is 12.6 Å². The molecule has 0 amide bonds. The Balaban J connectivity index is 2.42. The van der Waals surface area contributed by atoms with E-state index in [4.69, 9.17) is 0 Å². The molecule has 0 saturated carbocycles. The van der Waals surface area contributed by atoms with Gasteiger partial charge in [0, 0.05) is 12.1 Å². The second kappa shape index (κ2) is 2.27. The maximum Gasteiger partial charge on any atom is 0.182 e. The summed E-state index contributed by atoms with van der Waals surface area (Å²) in [4.78, 5) is 0. The molecule has 1 atom stereocenters. The molecule has 0 fully saturated rings. The van der Waals surface area contributed by atoms with Crippen molar-refractivity contribution in [3.8, 4) is 0 Å². The normalized spacial score (nSPS) is 22.7. The van der Waals surface area contributed by atoms with Gasteiger partial charge in [-0.05, 0) is 0 Å². The molecule has 1 nitrogen and oxygen atoms in total.